The van der Waals surface area contributed by atoms with Gasteiger partial charge in [-0.1, -0.05) is 110 Å². The highest BCUT2D eigenvalue weighted by Gasteiger charge is 2.46. The van der Waals surface area contributed by atoms with Crippen molar-refractivity contribution in [2.75, 3.05) is 6.61 Å². The molecule has 0 saturated carbocycles. The van der Waals surface area contributed by atoms with E-state index in [9.17, 15) is 24.0 Å². The number of ether oxygens (including phenoxy) is 2. The smallest absolute Gasteiger partial charge is 0.341 e. The van der Waals surface area contributed by atoms with Gasteiger partial charge in [0.25, 0.3) is 11.8 Å². The van der Waals surface area contributed by atoms with Crippen LogP contribution in [0.1, 0.15) is 67.3 Å². The summed E-state index contributed by atoms with van der Waals surface area (Å²) in [5, 5.41) is 7.51. The quantitative estimate of drug-likeness (QED) is 0.116. The van der Waals surface area contributed by atoms with Crippen LogP contribution >= 0.6 is 23.2 Å². The predicted octanol–water partition coefficient (Wildman–Crippen LogP) is 6.94. The molecule has 0 bridgehead atoms. The van der Waals surface area contributed by atoms with Crippen LogP contribution in [0.2, 0.25) is 10.0 Å². The van der Waals surface area contributed by atoms with Crippen LogP contribution in [-0.2, 0) is 35.1 Å². The summed E-state index contributed by atoms with van der Waals surface area (Å²) in [5.74, 6) is -3.81. The first kappa shape index (κ1) is 40.9. The summed E-state index contributed by atoms with van der Waals surface area (Å²) in [6, 6.07) is 24.4. The molecule has 4 aromatic rings. The minimum absolute atomic E-state index is 0.00555. The molecule has 3 N–H and O–H groups in total. The number of ketones is 1. The molecule has 288 valence electrons. The van der Waals surface area contributed by atoms with Gasteiger partial charge >= 0.3 is 11.9 Å². The maximum absolute atomic E-state index is 14.5. The fourth-order valence-corrected chi connectivity index (χ4v) is 6.67. The third-order valence-corrected chi connectivity index (χ3v) is 9.38. The minimum atomic E-state index is -1.76. The average molecular weight is 789 g/mol. The Morgan fingerprint density at radius 2 is 1.47 bits per heavy atom. The predicted molar refractivity (Wildman–Crippen MR) is 209 cm³/mol. The highest BCUT2D eigenvalue weighted by molar-refractivity contribution is 6.39. The standard InChI is InChI=1S/C42H43Cl2N3O8/c1-25(2)37(46-38(50)29-18-11-16-27-15-9-10-17-28(27)29)33-23-42(55-47-33,22-26-13-7-6-8-14-26)40(52)45-32(21-35(49)54-41(3,4)5)34(48)24-53-39(51)36-30(43)19-12-20-31(36)44/h6-20,23,25,32,37,47H,21-22,24H2,1-5H3,(H,45,52)(H,46,50)/t32-,37-,42?/m0/s1. The molecule has 13 heteroatoms. The maximum Gasteiger partial charge on any atom is 0.341 e. The van der Waals surface area contributed by atoms with E-state index in [-0.39, 0.29) is 33.9 Å². The van der Waals surface area contributed by atoms with Crippen molar-refractivity contribution in [1.82, 2.24) is 16.1 Å². The molecule has 55 heavy (non-hydrogen) atoms. The lowest BCUT2D eigenvalue weighted by atomic mass is 9.90. The molecular formula is C42H43Cl2N3O8. The number of amides is 2. The normalized spacial score (nSPS) is 16.4. The first-order valence-electron chi connectivity index (χ1n) is 17.7. The second-order valence-electron chi connectivity index (χ2n) is 14.5. The molecule has 0 radical (unpaired) electrons. The van der Waals surface area contributed by atoms with Crippen molar-refractivity contribution < 1.29 is 38.3 Å². The lowest BCUT2D eigenvalue weighted by Crippen LogP contribution is -2.54. The number of benzene rings is 4. The number of carbonyl (C=O) groups excluding carboxylic acids is 5. The van der Waals surface area contributed by atoms with Gasteiger partial charge in [-0.2, -0.15) is 0 Å². The summed E-state index contributed by atoms with van der Waals surface area (Å²) in [7, 11) is 0. The van der Waals surface area contributed by atoms with Crippen LogP contribution in [0.4, 0.5) is 0 Å². The molecule has 4 aromatic carbocycles. The Bertz CT molecular complexity index is 2090. The van der Waals surface area contributed by atoms with Crippen molar-refractivity contribution in [2.45, 2.75) is 70.7 Å². The first-order chi connectivity index (χ1) is 26.1. The van der Waals surface area contributed by atoms with E-state index >= 15 is 0 Å². The van der Waals surface area contributed by atoms with Gasteiger partial charge in [-0.3, -0.25) is 29.5 Å². The van der Waals surface area contributed by atoms with Crippen LogP contribution in [0, 0.1) is 5.92 Å². The number of halogens is 2. The summed E-state index contributed by atoms with van der Waals surface area (Å²) in [4.78, 5) is 74.0. The van der Waals surface area contributed by atoms with E-state index in [1.165, 1.54) is 12.1 Å². The number of hydrogen-bond acceptors (Lipinski definition) is 9. The second-order valence-corrected chi connectivity index (χ2v) is 15.3. The van der Waals surface area contributed by atoms with Crippen molar-refractivity contribution in [3.63, 3.8) is 0 Å². The highest BCUT2D eigenvalue weighted by atomic mass is 35.5. The Kier molecular flexibility index (Phi) is 13.0. The lowest BCUT2D eigenvalue weighted by molar-refractivity contribution is -0.157. The summed E-state index contributed by atoms with van der Waals surface area (Å²) < 4.78 is 10.7. The van der Waals surface area contributed by atoms with Crippen molar-refractivity contribution in [3.8, 4) is 0 Å². The lowest BCUT2D eigenvalue weighted by Gasteiger charge is -2.28. The minimum Gasteiger partial charge on any atom is -0.460 e. The number of esters is 2. The number of rotatable bonds is 14. The molecule has 0 aliphatic carbocycles. The summed E-state index contributed by atoms with van der Waals surface area (Å²) in [6.45, 7) is 8.01. The van der Waals surface area contributed by atoms with Gasteiger partial charge in [-0.15, -0.1) is 0 Å². The van der Waals surface area contributed by atoms with Gasteiger partial charge in [-0.25, -0.2) is 4.79 Å². The van der Waals surface area contributed by atoms with E-state index in [1.807, 2.05) is 80.6 Å². The molecule has 1 aliphatic heterocycles. The van der Waals surface area contributed by atoms with E-state index in [1.54, 1.807) is 39.0 Å². The number of Topliss-reactive ketones (excluding diaryl/α,β-unsaturated/α-hetero) is 1. The van der Waals surface area contributed by atoms with E-state index < -0.39 is 59.9 Å². The van der Waals surface area contributed by atoms with Crippen molar-refractivity contribution in [3.05, 3.63) is 130 Å². The van der Waals surface area contributed by atoms with Gasteiger partial charge in [0.2, 0.25) is 0 Å². The zero-order valence-electron chi connectivity index (χ0n) is 31.1. The molecule has 0 spiro atoms. The van der Waals surface area contributed by atoms with E-state index in [2.05, 4.69) is 16.1 Å². The highest BCUT2D eigenvalue weighted by Crippen LogP contribution is 2.30. The second kappa shape index (κ2) is 17.5. The largest absolute Gasteiger partial charge is 0.460 e. The number of fused-ring (bicyclic) bond motifs is 1. The van der Waals surface area contributed by atoms with Crippen LogP contribution in [0.3, 0.4) is 0 Å². The van der Waals surface area contributed by atoms with Gasteiger partial charge in [-0.05, 0) is 67.3 Å². The first-order valence-corrected chi connectivity index (χ1v) is 18.5. The van der Waals surface area contributed by atoms with Crippen LogP contribution < -0.4 is 16.1 Å². The molecule has 2 amide bonds. The van der Waals surface area contributed by atoms with Gasteiger partial charge in [0.1, 0.15) is 11.6 Å². The molecule has 5 rings (SSSR count). The fraction of sp³-hybridized carbons (Fsp3) is 0.310. The van der Waals surface area contributed by atoms with Crippen LogP contribution in [0.5, 0.6) is 0 Å². The average Bonchev–Trinajstić information content (AvgIpc) is 3.56. The summed E-state index contributed by atoms with van der Waals surface area (Å²) in [6.07, 6.45) is 1.01. The van der Waals surface area contributed by atoms with Gasteiger partial charge in [0.05, 0.1) is 33.8 Å². The molecule has 1 heterocycles. The Labute approximate surface area is 329 Å². The molecule has 0 fully saturated rings. The van der Waals surface area contributed by atoms with E-state index in [0.717, 1.165) is 16.3 Å². The van der Waals surface area contributed by atoms with E-state index in [4.69, 9.17) is 37.5 Å². The fourth-order valence-electron chi connectivity index (χ4n) is 6.12. The van der Waals surface area contributed by atoms with E-state index in [0.29, 0.717) is 11.3 Å². The molecule has 1 aliphatic rings. The number of carbonyl (C=O) groups is 5. The zero-order valence-corrected chi connectivity index (χ0v) is 32.6. The van der Waals surface area contributed by atoms with Crippen LogP contribution in [-0.4, -0.2) is 59.4 Å². The monoisotopic (exact) mass is 787 g/mol. The van der Waals surface area contributed by atoms with Crippen LogP contribution in [0.25, 0.3) is 10.8 Å². The summed E-state index contributed by atoms with van der Waals surface area (Å²) in [5.41, 5.74) is 1.71. The van der Waals surface area contributed by atoms with Gasteiger partial charge in [0.15, 0.2) is 18.0 Å². The summed E-state index contributed by atoms with van der Waals surface area (Å²) >= 11 is 12.3. The number of hydroxylamine groups is 1. The van der Waals surface area contributed by atoms with Crippen molar-refractivity contribution in [1.29, 1.82) is 0 Å². The third-order valence-electron chi connectivity index (χ3n) is 8.75. The molecule has 1 unspecified atom stereocenters. The number of hydrogen-bond donors (Lipinski definition) is 3. The topological polar surface area (TPSA) is 149 Å². The third kappa shape index (κ3) is 10.3. The Balaban J connectivity index is 1.44. The van der Waals surface area contributed by atoms with Crippen molar-refractivity contribution in [2.24, 2.45) is 5.92 Å². The number of nitrogens with one attached hydrogen (secondary N) is 3. The zero-order chi connectivity index (χ0) is 39.9. The Morgan fingerprint density at radius 3 is 2.15 bits per heavy atom. The van der Waals surface area contributed by atoms with Gasteiger partial charge in [0, 0.05) is 12.0 Å². The molecule has 0 aromatic heterocycles. The van der Waals surface area contributed by atoms with Crippen molar-refractivity contribution >= 4 is 63.5 Å². The molecule has 11 nitrogen and oxygen atoms in total. The maximum atomic E-state index is 14.5. The molecule has 0 saturated heterocycles. The Hall–Kier alpha value is -5.23. The molecular weight excluding hydrogens is 745 g/mol. The van der Waals surface area contributed by atoms with Gasteiger partial charge < -0.3 is 20.1 Å². The Morgan fingerprint density at radius 1 is 0.836 bits per heavy atom. The SMILES string of the molecule is CC(C)[C@H](NC(=O)c1cccc2ccccc12)C1=CC(Cc2ccccc2)(C(=O)N[C@@H](CC(=O)OC(C)(C)C)C(=O)COC(=O)c2c(Cl)cccc2Cl)ON1. The molecule has 3 atom stereocenters. The van der Waals surface area contributed by atoms with Crippen LogP contribution in [0.15, 0.2) is 103 Å².